The van der Waals surface area contributed by atoms with Gasteiger partial charge in [0, 0.05) is 6.42 Å². The quantitative estimate of drug-likeness (QED) is 0.890. The van der Waals surface area contributed by atoms with Crippen molar-refractivity contribution in [1.82, 2.24) is 0 Å². The molecule has 2 N–H and O–H groups in total. The van der Waals surface area contributed by atoms with E-state index in [1.165, 1.54) is 0 Å². The van der Waals surface area contributed by atoms with E-state index in [-0.39, 0.29) is 5.91 Å². The van der Waals surface area contributed by atoms with Gasteiger partial charge in [-0.3, -0.25) is 4.79 Å². The number of nitrogens with one attached hydrogen (secondary N) is 1. The number of hydrogen-bond donors (Lipinski definition) is 2. The molecule has 0 aliphatic carbocycles. The molecule has 0 saturated heterocycles. The van der Waals surface area contributed by atoms with Crippen LogP contribution in [0.2, 0.25) is 5.02 Å². The van der Waals surface area contributed by atoms with E-state index in [2.05, 4.69) is 5.32 Å². The smallest absolute Gasteiger partial charge is 0.224 e. The number of fused-ring (bicyclic) bond motifs is 1. The Bertz CT molecular complexity index is 695. The Morgan fingerprint density at radius 2 is 1.86 bits per heavy atom. The number of anilines is 1. The van der Waals surface area contributed by atoms with Crippen LogP contribution in [0.4, 0.5) is 5.69 Å². The van der Waals surface area contributed by atoms with Crippen molar-refractivity contribution in [2.24, 2.45) is 0 Å². The largest absolute Gasteiger partial charge is 0.384 e. The molecule has 2 aromatic carbocycles. The van der Waals surface area contributed by atoms with E-state index in [4.69, 9.17) is 11.6 Å². The fraction of sp³-hybridized carbons (Fsp3) is 0.235. The summed E-state index contributed by atoms with van der Waals surface area (Å²) in [5.74, 6) is -0.0174. The lowest BCUT2D eigenvalue weighted by Crippen LogP contribution is -2.19. The Labute approximate surface area is 128 Å². The Morgan fingerprint density at radius 3 is 2.57 bits per heavy atom. The minimum Gasteiger partial charge on any atom is -0.384 e. The van der Waals surface area contributed by atoms with Gasteiger partial charge in [0.2, 0.25) is 5.91 Å². The monoisotopic (exact) mass is 301 g/mol. The lowest BCUT2D eigenvalue weighted by atomic mass is 9.95. The molecule has 3 rings (SSSR count). The molecule has 108 valence electrons. The third kappa shape index (κ3) is 2.80. The van der Waals surface area contributed by atoms with Crippen molar-refractivity contribution in [3.05, 3.63) is 63.7 Å². The minimum atomic E-state index is -0.717. The van der Waals surface area contributed by atoms with Gasteiger partial charge in [-0.25, -0.2) is 0 Å². The van der Waals surface area contributed by atoms with Crippen molar-refractivity contribution < 1.29 is 9.90 Å². The summed E-state index contributed by atoms with van der Waals surface area (Å²) < 4.78 is 0. The maximum absolute atomic E-state index is 11.4. The molecule has 3 nitrogen and oxygen atoms in total. The SMILES string of the molecule is Cc1ccc(C(O)c2cc(Cl)c3c(c2)CCC(=O)N3)cc1. The van der Waals surface area contributed by atoms with Crippen LogP contribution in [-0.2, 0) is 11.2 Å². The summed E-state index contributed by atoms with van der Waals surface area (Å²) in [5.41, 5.74) is 4.38. The zero-order valence-corrected chi connectivity index (χ0v) is 12.4. The van der Waals surface area contributed by atoms with Gasteiger partial charge < -0.3 is 10.4 Å². The number of amides is 1. The van der Waals surface area contributed by atoms with E-state index in [1.54, 1.807) is 6.07 Å². The predicted molar refractivity (Wildman–Crippen MR) is 83.6 cm³/mol. The summed E-state index contributed by atoms with van der Waals surface area (Å²) in [6.07, 6.45) is 0.383. The third-order valence-corrected chi connectivity index (χ3v) is 4.09. The lowest BCUT2D eigenvalue weighted by Gasteiger charge is -2.21. The maximum Gasteiger partial charge on any atom is 0.224 e. The second kappa shape index (κ2) is 5.51. The molecular weight excluding hydrogens is 286 g/mol. The highest BCUT2D eigenvalue weighted by molar-refractivity contribution is 6.34. The van der Waals surface area contributed by atoms with Crippen LogP contribution >= 0.6 is 11.6 Å². The van der Waals surface area contributed by atoms with Crippen molar-refractivity contribution in [2.75, 3.05) is 5.32 Å². The van der Waals surface area contributed by atoms with Gasteiger partial charge in [-0.15, -0.1) is 0 Å². The Kier molecular flexibility index (Phi) is 3.70. The average molecular weight is 302 g/mol. The Balaban J connectivity index is 1.97. The van der Waals surface area contributed by atoms with Crippen LogP contribution in [0.15, 0.2) is 36.4 Å². The zero-order chi connectivity index (χ0) is 15.0. The van der Waals surface area contributed by atoms with Crippen molar-refractivity contribution in [3.8, 4) is 0 Å². The highest BCUT2D eigenvalue weighted by atomic mass is 35.5. The number of carbonyl (C=O) groups excluding carboxylic acids is 1. The van der Waals surface area contributed by atoms with E-state index in [0.717, 1.165) is 22.3 Å². The number of halogens is 1. The molecule has 1 amide bonds. The highest BCUT2D eigenvalue weighted by Gasteiger charge is 2.20. The molecule has 0 spiro atoms. The lowest BCUT2D eigenvalue weighted by molar-refractivity contribution is -0.116. The summed E-state index contributed by atoms with van der Waals surface area (Å²) in [7, 11) is 0. The van der Waals surface area contributed by atoms with E-state index < -0.39 is 6.10 Å². The molecule has 2 aromatic rings. The second-order valence-corrected chi connectivity index (χ2v) is 5.81. The first-order chi connectivity index (χ1) is 10.0. The highest BCUT2D eigenvalue weighted by Crippen LogP contribution is 2.35. The summed E-state index contributed by atoms with van der Waals surface area (Å²) in [5, 5.41) is 13.8. The molecule has 0 fully saturated rings. The number of aliphatic hydroxyl groups excluding tert-OH is 1. The fourth-order valence-corrected chi connectivity index (χ4v) is 2.87. The van der Waals surface area contributed by atoms with Crippen LogP contribution in [0.25, 0.3) is 0 Å². The first kappa shape index (κ1) is 14.1. The first-order valence-corrected chi connectivity index (χ1v) is 7.29. The number of benzene rings is 2. The fourth-order valence-electron chi connectivity index (χ4n) is 2.57. The van der Waals surface area contributed by atoms with Crippen molar-refractivity contribution in [3.63, 3.8) is 0 Å². The molecule has 1 aliphatic rings. The van der Waals surface area contributed by atoms with E-state index >= 15 is 0 Å². The predicted octanol–water partition coefficient (Wildman–Crippen LogP) is 3.61. The third-order valence-electron chi connectivity index (χ3n) is 3.79. The normalized spacial score (nSPS) is 15.3. The topological polar surface area (TPSA) is 49.3 Å². The van der Waals surface area contributed by atoms with Gasteiger partial charge in [-0.1, -0.05) is 47.5 Å². The Hall–Kier alpha value is -1.84. The molecular formula is C17H16ClNO2. The van der Waals surface area contributed by atoms with Gasteiger partial charge in [0.15, 0.2) is 0 Å². The van der Waals surface area contributed by atoms with Crippen LogP contribution in [-0.4, -0.2) is 11.0 Å². The van der Waals surface area contributed by atoms with Crippen molar-refractivity contribution in [1.29, 1.82) is 0 Å². The number of rotatable bonds is 2. The van der Waals surface area contributed by atoms with E-state index in [0.29, 0.717) is 23.6 Å². The van der Waals surface area contributed by atoms with Gasteiger partial charge in [-0.2, -0.15) is 0 Å². The van der Waals surface area contributed by atoms with Crippen molar-refractivity contribution in [2.45, 2.75) is 25.9 Å². The summed E-state index contributed by atoms with van der Waals surface area (Å²) in [6, 6.07) is 11.4. The van der Waals surface area contributed by atoms with Crippen LogP contribution in [0.3, 0.4) is 0 Å². The van der Waals surface area contributed by atoms with Gasteiger partial charge in [-0.05, 0) is 36.1 Å². The van der Waals surface area contributed by atoms with Crippen LogP contribution in [0.1, 0.15) is 34.8 Å². The minimum absolute atomic E-state index is 0.0174. The molecule has 0 aromatic heterocycles. The molecule has 1 atom stereocenters. The standard InChI is InChI=1S/C17H16ClNO2/c1-10-2-4-11(5-3-10)17(21)13-8-12-6-7-15(20)19-16(12)14(18)9-13/h2-5,8-9,17,21H,6-7H2,1H3,(H,19,20). The van der Waals surface area contributed by atoms with Gasteiger partial charge in [0.05, 0.1) is 10.7 Å². The van der Waals surface area contributed by atoms with E-state index in [9.17, 15) is 9.90 Å². The maximum atomic E-state index is 11.4. The molecule has 0 radical (unpaired) electrons. The first-order valence-electron chi connectivity index (χ1n) is 6.91. The van der Waals surface area contributed by atoms with Crippen LogP contribution in [0.5, 0.6) is 0 Å². The number of aryl methyl sites for hydroxylation is 2. The molecule has 4 heteroatoms. The summed E-state index contributed by atoms with van der Waals surface area (Å²) >= 11 is 6.24. The summed E-state index contributed by atoms with van der Waals surface area (Å²) in [6.45, 7) is 2.01. The van der Waals surface area contributed by atoms with Crippen LogP contribution in [0, 0.1) is 6.92 Å². The molecule has 1 aliphatic heterocycles. The summed E-state index contributed by atoms with van der Waals surface area (Å²) in [4.78, 5) is 11.4. The molecule has 0 bridgehead atoms. The molecule has 0 saturated carbocycles. The molecule has 1 unspecified atom stereocenters. The molecule has 1 heterocycles. The average Bonchev–Trinajstić information content (AvgIpc) is 2.48. The number of hydrogen-bond acceptors (Lipinski definition) is 2. The van der Waals surface area contributed by atoms with Gasteiger partial charge in [0.1, 0.15) is 6.10 Å². The molecule has 21 heavy (non-hydrogen) atoms. The number of carbonyl (C=O) groups is 1. The number of aliphatic hydroxyl groups is 1. The van der Waals surface area contributed by atoms with Crippen molar-refractivity contribution >= 4 is 23.2 Å². The van der Waals surface area contributed by atoms with Gasteiger partial charge in [0.25, 0.3) is 0 Å². The van der Waals surface area contributed by atoms with E-state index in [1.807, 2.05) is 37.3 Å². The zero-order valence-electron chi connectivity index (χ0n) is 11.7. The Morgan fingerprint density at radius 1 is 1.14 bits per heavy atom. The van der Waals surface area contributed by atoms with Gasteiger partial charge >= 0.3 is 0 Å². The second-order valence-electron chi connectivity index (χ2n) is 5.40. The van der Waals surface area contributed by atoms with Crippen LogP contribution < -0.4 is 5.32 Å².